The van der Waals surface area contributed by atoms with Crippen molar-refractivity contribution in [1.29, 1.82) is 0 Å². The molecule has 0 heterocycles. The molecule has 0 saturated heterocycles. The van der Waals surface area contributed by atoms with Crippen LogP contribution in [0.25, 0.3) is 0 Å². The van der Waals surface area contributed by atoms with Gasteiger partial charge < -0.3 is 21.3 Å². The maximum atomic E-state index is 3.52. The van der Waals surface area contributed by atoms with Crippen LogP contribution in [0.5, 0.6) is 0 Å². The minimum atomic E-state index is 0.628. The predicted molar refractivity (Wildman–Crippen MR) is 90.5 cm³/mol. The van der Waals surface area contributed by atoms with Gasteiger partial charge in [-0.3, -0.25) is 0 Å². The molecule has 122 valence electrons. The van der Waals surface area contributed by atoms with E-state index in [4.69, 9.17) is 0 Å². The molecule has 2 unspecified atom stereocenters. The summed E-state index contributed by atoms with van der Waals surface area (Å²) in [5, 5.41) is 14.0. The summed E-state index contributed by atoms with van der Waals surface area (Å²) >= 11 is 0. The third-order valence-corrected chi connectivity index (χ3v) is 3.51. The molecule has 0 bridgehead atoms. The molecule has 2 atom stereocenters. The fraction of sp³-hybridized carbons (Fsp3) is 1.00. The number of hydrogen-bond acceptors (Lipinski definition) is 4. The Bertz CT molecular complexity index is 187. The summed E-state index contributed by atoms with van der Waals surface area (Å²) in [6.45, 7) is 15.6. The van der Waals surface area contributed by atoms with E-state index in [-0.39, 0.29) is 0 Å². The van der Waals surface area contributed by atoms with Crippen molar-refractivity contribution >= 4 is 0 Å². The molecule has 0 saturated carbocycles. The normalized spacial score (nSPS) is 14.4. The van der Waals surface area contributed by atoms with Gasteiger partial charge in [-0.15, -0.1) is 0 Å². The monoisotopic (exact) mass is 286 g/mol. The van der Waals surface area contributed by atoms with Crippen molar-refractivity contribution in [2.24, 2.45) is 0 Å². The molecule has 0 aliphatic carbocycles. The average molecular weight is 287 g/mol. The van der Waals surface area contributed by atoms with Crippen LogP contribution in [0.1, 0.15) is 53.4 Å². The minimum absolute atomic E-state index is 0.628. The summed E-state index contributed by atoms with van der Waals surface area (Å²) in [6.07, 6.45) is 4.86. The Kier molecular flexibility index (Phi) is 15.1. The lowest BCUT2D eigenvalue weighted by atomic mass is 10.2. The number of hydrogen-bond donors (Lipinski definition) is 4. The Balaban J connectivity index is 3.13. The summed E-state index contributed by atoms with van der Waals surface area (Å²) in [5.74, 6) is 0. The van der Waals surface area contributed by atoms with E-state index in [9.17, 15) is 0 Å². The highest BCUT2D eigenvalue weighted by Crippen LogP contribution is 1.90. The Hall–Kier alpha value is -0.160. The van der Waals surface area contributed by atoms with Crippen LogP contribution in [0.15, 0.2) is 0 Å². The van der Waals surface area contributed by atoms with E-state index in [2.05, 4.69) is 49.0 Å². The van der Waals surface area contributed by atoms with Crippen molar-refractivity contribution in [1.82, 2.24) is 21.3 Å². The Labute approximate surface area is 126 Å². The number of nitrogens with one attached hydrogen (secondary N) is 4. The van der Waals surface area contributed by atoms with Crippen LogP contribution in [0, 0.1) is 0 Å². The van der Waals surface area contributed by atoms with Crippen LogP contribution in [-0.2, 0) is 0 Å². The molecule has 4 heteroatoms. The highest BCUT2D eigenvalue weighted by atomic mass is 14.9. The molecule has 0 aromatic rings. The molecule has 0 rings (SSSR count). The van der Waals surface area contributed by atoms with Gasteiger partial charge in [-0.25, -0.2) is 0 Å². The molecule has 0 amide bonds. The van der Waals surface area contributed by atoms with Gasteiger partial charge in [0, 0.05) is 12.1 Å². The van der Waals surface area contributed by atoms with Crippen molar-refractivity contribution < 1.29 is 0 Å². The van der Waals surface area contributed by atoms with E-state index in [0.29, 0.717) is 12.1 Å². The first-order chi connectivity index (χ1) is 9.70. The SMILES string of the molecule is CCCNC(C)CCNCCCNCCC(C)NCC. The molecule has 0 aromatic heterocycles. The zero-order chi connectivity index (χ0) is 15.1. The van der Waals surface area contributed by atoms with Crippen molar-refractivity contribution in [3.05, 3.63) is 0 Å². The third-order valence-electron chi connectivity index (χ3n) is 3.51. The summed E-state index contributed by atoms with van der Waals surface area (Å²) < 4.78 is 0. The van der Waals surface area contributed by atoms with Crippen LogP contribution in [0.4, 0.5) is 0 Å². The lowest BCUT2D eigenvalue weighted by Crippen LogP contribution is -2.32. The molecular weight excluding hydrogens is 248 g/mol. The lowest BCUT2D eigenvalue weighted by Gasteiger charge is -2.14. The van der Waals surface area contributed by atoms with Gasteiger partial charge in [0.1, 0.15) is 0 Å². The fourth-order valence-electron chi connectivity index (χ4n) is 2.17. The molecule has 0 aromatic carbocycles. The van der Waals surface area contributed by atoms with E-state index in [1.165, 1.54) is 25.7 Å². The molecule has 0 spiro atoms. The standard InChI is InChI=1S/C16H38N4/c1-5-10-20-16(4)9-14-18-12-7-11-17-13-8-15(3)19-6-2/h15-20H,5-14H2,1-4H3. The fourth-order valence-corrected chi connectivity index (χ4v) is 2.17. The van der Waals surface area contributed by atoms with Crippen LogP contribution >= 0.6 is 0 Å². The van der Waals surface area contributed by atoms with Gasteiger partial charge >= 0.3 is 0 Å². The quantitative estimate of drug-likeness (QED) is 0.346. The predicted octanol–water partition coefficient (Wildman–Crippen LogP) is 1.72. The average Bonchev–Trinajstić information content (AvgIpc) is 2.43. The molecule has 0 aliphatic rings. The van der Waals surface area contributed by atoms with Crippen molar-refractivity contribution in [3.8, 4) is 0 Å². The van der Waals surface area contributed by atoms with Crippen LogP contribution < -0.4 is 21.3 Å². The minimum Gasteiger partial charge on any atom is -0.317 e. The second-order valence-corrected chi connectivity index (χ2v) is 5.74. The second kappa shape index (κ2) is 15.2. The maximum Gasteiger partial charge on any atom is 0.00508 e. The second-order valence-electron chi connectivity index (χ2n) is 5.74. The molecule has 4 N–H and O–H groups in total. The molecule has 0 fully saturated rings. The summed E-state index contributed by atoms with van der Waals surface area (Å²) in [6, 6.07) is 1.26. The van der Waals surface area contributed by atoms with Gasteiger partial charge in [-0.05, 0) is 78.8 Å². The summed E-state index contributed by atoms with van der Waals surface area (Å²) in [7, 11) is 0. The van der Waals surface area contributed by atoms with Crippen molar-refractivity contribution in [2.45, 2.75) is 65.5 Å². The first-order valence-electron chi connectivity index (χ1n) is 8.58. The van der Waals surface area contributed by atoms with Crippen molar-refractivity contribution in [2.75, 3.05) is 39.3 Å². The summed E-state index contributed by atoms with van der Waals surface area (Å²) in [5.41, 5.74) is 0. The molecular formula is C16H38N4. The molecule has 0 aliphatic heterocycles. The molecule has 4 nitrogen and oxygen atoms in total. The van der Waals surface area contributed by atoms with Crippen LogP contribution in [0.3, 0.4) is 0 Å². The first-order valence-corrected chi connectivity index (χ1v) is 8.58. The Morgan fingerprint density at radius 3 is 1.75 bits per heavy atom. The summed E-state index contributed by atoms with van der Waals surface area (Å²) in [4.78, 5) is 0. The van der Waals surface area contributed by atoms with Crippen molar-refractivity contribution in [3.63, 3.8) is 0 Å². The van der Waals surface area contributed by atoms with Gasteiger partial charge in [-0.2, -0.15) is 0 Å². The lowest BCUT2D eigenvalue weighted by molar-refractivity contribution is 0.480. The first kappa shape index (κ1) is 19.8. The topological polar surface area (TPSA) is 48.1 Å². The largest absolute Gasteiger partial charge is 0.317 e. The van der Waals surface area contributed by atoms with Gasteiger partial charge in [0.15, 0.2) is 0 Å². The number of rotatable bonds is 15. The van der Waals surface area contributed by atoms with E-state index < -0.39 is 0 Å². The van der Waals surface area contributed by atoms with E-state index >= 15 is 0 Å². The van der Waals surface area contributed by atoms with Gasteiger partial charge in [-0.1, -0.05) is 13.8 Å². The van der Waals surface area contributed by atoms with Crippen LogP contribution in [0.2, 0.25) is 0 Å². The Morgan fingerprint density at radius 2 is 1.25 bits per heavy atom. The maximum absolute atomic E-state index is 3.52. The zero-order valence-electron chi connectivity index (χ0n) is 14.2. The Morgan fingerprint density at radius 1 is 0.700 bits per heavy atom. The smallest absolute Gasteiger partial charge is 0.00508 e. The van der Waals surface area contributed by atoms with Gasteiger partial charge in [0.25, 0.3) is 0 Å². The van der Waals surface area contributed by atoms with E-state index in [1.807, 2.05) is 0 Å². The van der Waals surface area contributed by atoms with Gasteiger partial charge in [0.2, 0.25) is 0 Å². The van der Waals surface area contributed by atoms with Gasteiger partial charge in [0.05, 0.1) is 0 Å². The van der Waals surface area contributed by atoms with E-state index in [1.54, 1.807) is 0 Å². The third kappa shape index (κ3) is 14.3. The molecule has 20 heavy (non-hydrogen) atoms. The highest BCUT2D eigenvalue weighted by molar-refractivity contribution is 4.63. The zero-order valence-corrected chi connectivity index (χ0v) is 14.2. The molecule has 0 radical (unpaired) electrons. The van der Waals surface area contributed by atoms with Crippen LogP contribution in [-0.4, -0.2) is 51.4 Å². The van der Waals surface area contributed by atoms with E-state index in [0.717, 1.165) is 39.3 Å². The highest BCUT2D eigenvalue weighted by Gasteiger charge is 1.99.